The average Bonchev–Trinajstić information content (AvgIpc) is 2.38. The van der Waals surface area contributed by atoms with Gasteiger partial charge in [0, 0.05) is 25.7 Å². The minimum atomic E-state index is -1.22. The van der Waals surface area contributed by atoms with Crippen LogP contribution in [0, 0.1) is 10.1 Å². The van der Waals surface area contributed by atoms with Crippen molar-refractivity contribution in [2.45, 2.75) is 13.3 Å². The Morgan fingerprint density at radius 2 is 2.16 bits per heavy atom. The van der Waals surface area contributed by atoms with E-state index in [1.165, 1.54) is 12.1 Å². The summed E-state index contributed by atoms with van der Waals surface area (Å²) in [7, 11) is 0. The number of carboxylic acids is 1. The van der Waals surface area contributed by atoms with E-state index in [0.717, 1.165) is 6.07 Å². The standard InChI is InChI=1S/C12H15NO6/c1-2-18-6-3-7-19-11-5-4-9(12(14)15)8-10(11)13(16)17/h4-5,8H,2-3,6-7H2,1H3,(H,14,15). The van der Waals surface area contributed by atoms with E-state index in [1.54, 1.807) is 0 Å². The molecule has 1 rings (SSSR count). The van der Waals surface area contributed by atoms with Gasteiger partial charge in [0.15, 0.2) is 5.75 Å². The van der Waals surface area contributed by atoms with Gasteiger partial charge in [-0.3, -0.25) is 10.1 Å². The Morgan fingerprint density at radius 1 is 1.42 bits per heavy atom. The van der Waals surface area contributed by atoms with Crippen molar-refractivity contribution in [3.63, 3.8) is 0 Å². The maximum absolute atomic E-state index is 10.8. The van der Waals surface area contributed by atoms with Gasteiger partial charge in [0.1, 0.15) is 0 Å². The Kier molecular flexibility index (Phi) is 5.74. The summed E-state index contributed by atoms with van der Waals surface area (Å²) in [5.74, 6) is -1.16. The van der Waals surface area contributed by atoms with Crippen LogP contribution in [-0.2, 0) is 4.74 Å². The molecule has 7 nitrogen and oxygen atoms in total. The lowest BCUT2D eigenvalue weighted by Crippen LogP contribution is -2.05. The highest BCUT2D eigenvalue weighted by Crippen LogP contribution is 2.28. The van der Waals surface area contributed by atoms with E-state index in [2.05, 4.69) is 0 Å². The fourth-order valence-electron chi connectivity index (χ4n) is 1.40. The van der Waals surface area contributed by atoms with Crippen LogP contribution < -0.4 is 4.74 Å². The average molecular weight is 269 g/mol. The maximum atomic E-state index is 10.8. The second kappa shape index (κ2) is 7.32. The van der Waals surface area contributed by atoms with Gasteiger partial charge in [0.25, 0.3) is 0 Å². The summed E-state index contributed by atoms with van der Waals surface area (Å²) in [5, 5.41) is 19.6. The number of hydrogen-bond acceptors (Lipinski definition) is 5. The number of ether oxygens (including phenoxy) is 2. The summed E-state index contributed by atoms with van der Waals surface area (Å²) in [5.41, 5.74) is -0.496. The van der Waals surface area contributed by atoms with Gasteiger partial charge in [-0.1, -0.05) is 0 Å². The number of carbonyl (C=O) groups is 1. The molecule has 0 aliphatic carbocycles. The molecule has 1 N–H and O–H groups in total. The molecule has 0 radical (unpaired) electrons. The van der Waals surface area contributed by atoms with Crippen molar-refractivity contribution in [2.24, 2.45) is 0 Å². The van der Waals surface area contributed by atoms with E-state index < -0.39 is 10.9 Å². The molecule has 0 aliphatic rings. The van der Waals surface area contributed by atoms with E-state index in [4.69, 9.17) is 14.6 Å². The first-order chi connectivity index (χ1) is 9.06. The van der Waals surface area contributed by atoms with Crippen molar-refractivity contribution in [1.29, 1.82) is 0 Å². The first-order valence-electron chi connectivity index (χ1n) is 5.78. The maximum Gasteiger partial charge on any atom is 0.335 e. The largest absolute Gasteiger partial charge is 0.487 e. The SMILES string of the molecule is CCOCCCOc1ccc(C(=O)O)cc1[N+](=O)[O-]. The highest BCUT2D eigenvalue weighted by Gasteiger charge is 2.18. The van der Waals surface area contributed by atoms with E-state index in [0.29, 0.717) is 19.6 Å². The zero-order valence-electron chi connectivity index (χ0n) is 10.5. The molecule has 0 atom stereocenters. The molecular formula is C12H15NO6. The topological polar surface area (TPSA) is 98.9 Å². The predicted molar refractivity (Wildman–Crippen MR) is 66.7 cm³/mol. The normalized spacial score (nSPS) is 10.2. The lowest BCUT2D eigenvalue weighted by atomic mass is 10.2. The lowest BCUT2D eigenvalue weighted by molar-refractivity contribution is -0.385. The van der Waals surface area contributed by atoms with Gasteiger partial charge in [-0.25, -0.2) is 4.79 Å². The van der Waals surface area contributed by atoms with Crippen LogP contribution in [0.5, 0.6) is 5.75 Å². The summed E-state index contributed by atoms with van der Waals surface area (Å²) in [6, 6.07) is 3.55. The van der Waals surface area contributed by atoms with Crippen molar-refractivity contribution in [1.82, 2.24) is 0 Å². The van der Waals surface area contributed by atoms with Crippen LogP contribution in [-0.4, -0.2) is 35.8 Å². The van der Waals surface area contributed by atoms with Gasteiger partial charge in [-0.05, 0) is 19.1 Å². The summed E-state index contributed by atoms with van der Waals surface area (Å²) in [4.78, 5) is 20.9. The lowest BCUT2D eigenvalue weighted by Gasteiger charge is -2.07. The molecule has 0 amide bonds. The molecule has 104 valence electrons. The molecule has 0 unspecified atom stereocenters. The minimum absolute atomic E-state index is 0.0616. The number of nitrogens with zero attached hydrogens (tertiary/aromatic N) is 1. The van der Waals surface area contributed by atoms with Gasteiger partial charge >= 0.3 is 11.7 Å². The molecule has 0 aliphatic heterocycles. The second-order valence-electron chi connectivity index (χ2n) is 3.64. The van der Waals surface area contributed by atoms with Crippen molar-refractivity contribution >= 4 is 11.7 Å². The van der Waals surface area contributed by atoms with E-state index in [9.17, 15) is 14.9 Å². The number of aromatic carboxylic acids is 1. The molecular weight excluding hydrogens is 254 g/mol. The first-order valence-corrected chi connectivity index (χ1v) is 5.78. The molecule has 0 aromatic heterocycles. The second-order valence-corrected chi connectivity index (χ2v) is 3.64. The Balaban J connectivity index is 2.71. The molecule has 1 aromatic carbocycles. The Bertz CT molecular complexity index is 460. The number of rotatable bonds is 8. The molecule has 0 saturated heterocycles. The zero-order valence-corrected chi connectivity index (χ0v) is 10.5. The highest BCUT2D eigenvalue weighted by atomic mass is 16.6. The van der Waals surface area contributed by atoms with Crippen molar-refractivity contribution < 1.29 is 24.3 Å². The molecule has 0 heterocycles. The quantitative estimate of drug-likeness (QED) is 0.440. The number of nitro benzene ring substituents is 1. The molecule has 0 fully saturated rings. The number of nitro groups is 1. The molecule has 7 heteroatoms. The van der Waals surface area contributed by atoms with Gasteiger partial charge in [0.05, 0.1) is 17.1 Å². The fourth-order valence-corrected chi connectivity index (χ4v) is 1.40. The summed E-state index contributed by atoms with van der Waals surface area (Å²) >= 11 is 0. The van der Waals surface area contributed by atoms with Crippen LogP contribution >= 0.6 is 0 Å². The Morgan fingerprint density at radius 3 is 2.74 bits per heavy atom. The number of hydrogen-bond donors (Lipinski definition) is 1. The van der Waals surface area contributed by atoms with Crippen LogP contribution in [0.15, 0.2) is 18.2 Å². The van der Waals surface area contributed by atoms with Gasteiger partial charge < -0.3 is 14.6 Å². The third kappa shape index (κ3) is 4.55. The van der Waals surface area contributed by atoms with E-state index in [1.807, 2.05) is 6.92 Å². The summed E-state index contributed by atoms with van der Waals surface area (Å²) < 4.78 is 10.4. The minimum Gasteiger partial charge on any atom is -0.487 e. The van der Waals surface area contributed by atoms with E-state index in [-0.39, 0.29) is 23.6 Å². The van der Waals surface area contributed by atoms with Gasteiger partial charge in [-0.15, -0.1) is 0 Å². The van der Waals surface area contributed by atoms with Crippen LogP contribution in [0.3, 0.4) is 0 Å². The monoisotopic (exact) mass is 269 g/mol. The van der Waals surface area contributed by atoms with Crippen LogP contribution in [0.4, 0.5) is 5.69 Å². The van der Waals surface area contributed by atoms with Crippen LogP contribution in [0.1, 0.15) is 23.7 Å². The third-order valence-corrected chi connectivity index (χ3v) is 2.30. The molecule has 0 bridgehead atoms. The smallest absolute Gasteiger partial charge is 0.335 e. The van der Waals surface area contributed by atoms with Crippen molar-refractivity contribution in [2.75, 3.05) is 19.8 Å². The van der Waals surface area contributed by atoms with Crippen LogP contribution in [0.2, 0.25) is 0 Å². The molecule has 0 saturated carbocycles. The van der Waals surface area contributed by atoms with Crippen LogP contribution in [0.25, 0.3) is 0 Å². The first kappa shape index (κ1) is 14.9. The van der Waals surface area contributed by atoms with Crippen molar-refractivity contribution in [3.8, 4) is 5.75 Å². The molecule has 0 spiro atoms. The highest BCUT2D eigenvalue weighted by molar-refractivity contribution is 5.88. The fraction of sp³-hybridized carbons (Fsp3) is 0.417. The third-order valence-electron chi connectivity index (χ3n) is 2.30. The van der Waals surface area contributed by atoms with E-state index >= 15 is 0 Å². The molecule has 1 aromatic rings. The summed E-state index contributed by atoms with van der Waals surface area (Å²) in [6.45, 7) is 3.26. The van der Waals surface area contributed by atoms with Crippen molar-refractivity contribution in [3.05, 3.63) is 33.9 Å². The summed E-state index contributed by atoms with van der Waals surface area (Å²) in [6.07, 6.45) is 0.603. The van der Waals surface area contributed by atoms with Gasteiger partial charge in [0.2, 0.25) is 0 Å². The molecule has 19 heavy (non-hydrogen) atoms. The predicted octanol–water partition coefficient (Wildman–Crippen LogP) is 2.10. The number of carboxylic acid groups (broad SMARTS) is 1. The zero-order chi connectivity index (χ0) is 14.3. The Labute approximate surface area is 109 Å². The number of benzene rings is 1. The van der Waals surface area contributed by atoms with Gasteiger partial charge in [-0.2, -0.15) is 0 Å². The Hall–Kier alpha value is -2.15.